The molecule has 2 nitrogen and oxygen atoms in total. The predicted octanol–water partition coefficient (Wildman–Crippen LogP) is 1.79. The molecule has 0 bridgehead atoms. The van der Waals surface area contributed by atoms with Crippen molar-refractivity contribution in [2.45, 2.75) is 19.4 Å². The Hall–Kier alpha value is 0.439. The minimum absolute atomic E-state index is 0. The second-order valence-electron chi connectivity index (χ2n) is 4.37. The largest absolute Gasteiger partial charge is 2.00 e. The van der Waals surface area contributed by atoms with Crippen molar-refractivity contribution < 1.29 is 27.3 Å². The van der Waals surface area contributed by atoms with E-state index in [-0.39, 0.29) is 29.6 Å². The molecule has 18 heavy (non-hydrogen) atoms. The van der Waals surface area contributed by atoms with E-state index in [1.807, 2.05) is 71.6 Å². The molecule has 0 aromatic carbocycles. The first kappa shape index (κ1) is 18.4. The van der Waals surface area contributed by atoms with Crippen LogP contribution in [-0.4, -0.2) is 22.4 Å². The van der Waals surface area contributed by atoms with Gasteiger partial charge in [0.1, 0.15) is 0 Å². The summed E-state index contributed by atoms with van der Waals surface area (Å²) >= 11 is 0. The number of hydrogen-bond donors (Lipinski definition) is 2. The van der Waals surface area contributed by atoms with Crippen LogP contribution in [-0.2, 0) is 17.1 Å². The van der Waals surface area contributed by atoms with E-state index in [9.17, 15) is 5.11 Å². The van der Waals surface area contributed by atoms with Crippen molar-refractivity contribution in [3.8, 4) is 0 Å². The average molecular weight is 288 g/mol. The molecule has 0 amide bonds. The van der Waals surface area contributed by atoms with E-state index in [1.54, 1.807) is 0 Å². The molecule has 98 valence electrons. The molecule has 0 spiro atoms. The van der Waals surface area contributed by atoms with Crippen LogP contribution in [0.2, 0.25) is 0 Å². The molecule has 0 saturated heterocycles. The van der Waals surface area contributed by atoms with E-state index in [4.69, 9.17) is 5.11 Å². The van der Waals surface area contributed by atoms with Crippen molar-refractivity contribution in [3.05, 3.63) is 63.7 Å². The molecule has 2 saturated carbocycles. The van der Waals surface area contributed by atoms with Crippen LogP contribution in [0.4, 0.5) is 0 Å². The normalized spacial score (nSPS) is 23.2. The van der Waals surface area contributed by atoms with Crippen LogP contribution < -0.4 is 0 Å². The summed E-state index contributed by atoms with van der Waals surface area (Å²) in [6, 6.07) is 0. The third-order valence-corrected chi connectivity index (χ3v) is 2.91. The maximum absolute atomic E-state index is 10.0. The summed E-state index contributed by atoms with van der Waals surface area (Å²) in [4.78, 5) is 0. The van der Waals surface area contributed by atoms with E-state index in [1.165, 1.54) is 0 Å². The van der Waals surface area contributed by atoms with Gasteiger partial charge in [-0.15, -0.1) is 0 Å². The van der Waals surface area contributed by atoms with Crippen molar-refractivity contribution in [2.75, 3.05) is 6.61 Å². The van der Waals surface area contributed by atoms with Gasteiger partial charge < -0.3 is 10.2 Å². The monoisotopic (exact) mass is 288 g/mol. The van der Waals surface area contributed by atoms with Crippen LogP contribution in [0.5, 0.6) is 0 Å². The average Bonchev–Trinajstić information content (AvgIpc) is 3.02. The van der Waals surface area contributed by atoms with Crippen molar-refractivity contribution in [1.82, 2.24) is 0 Å². The van der Waals surface area contributed by atoms with Gasteiger partial charge in [0.05, 0.1) is 12.2 Å². The van der Waals surface area contributed by atoms with Gasteiger partial charge in [-0.3, -0.25) is 0 Å². The van der Waals surface area contributed by atoms with Gasteiger partial charge in [-0.1, -0.05) is 13.8 Å². The van der Waals surface area contributed by atoms with Crippen molar-refractivity contribution >= 4 is 0 Å². The fourth-order valence-corrected chi connectivity index (χ4v) is 1.59. The fourth-order valence-electron chi connectivity index (χ4n) is 1.59. The third-order valence-electron chi connectivity index (χ3n) is 2.91. The summed E-state index contributed by atoms with van der Waals surface area (Å²) < 4.78 is 0. The quantitative estimate of drug-likeness (QED) is 0.777. The van der Waals surface area contributed by atoms with Gasteiger partial charge in [0.15, 0.2) is 0 Å². The molecule has 0 aromatic rings. The number of aliphatic hydroxyl groups is 2. The fraction of sp³-hybridized carbons (Fsp3) is 0.333. The van der Waals surface area contributed by atoms with Crippen LogP contribution in [0.15, 0.2) is 0 Å². The molecule has 2 fully saturated rings. The Bertz CT molecular complexity index is 191. The Labute approximate surface area is 123 Å². The topological polar surface area (TPSA) is 40.5 Å². The number of aliphatic hydroxyl groups excluding tert-OH is 1. The van der Waals surface area contributed by atoms with Gasteiger partial charge in [0, 0.05) is 5.92 Å². The van der Waals surface area contributed by atoms with Gasteiger partial charge in [-0.25, -0.2) is 0 Å². The van der Waals surface area contributed by atoms with Crippen LogP contribution in [0.25, 0.3) is 0 Å². The molecule has 3 heteroatoms. The molecule has 2 N–H and O–H groups in total. The summed E-state index contributed by atoms with van der Waals surface area (Å²) in [7, 11) is 0. The molecule has 0 aliphatic heterocycles. The van der Waals surface area contributed by atoms with Gasteiger partial charge in [-0.2, -0.15) is 0 Å². The molecule has 0 unspecified atom stereocenters. The first-order valence-corrected chi connectivity index (χ1v) is 5.83. The Morgan fingerprint density at radius 3 is 1.61 bits per heavy atom. The Morgan fingerprint density at radius 2 is 1.33 bits per heavy atom. The summed E-state index contributed by atoms with van der Waals surface area (Å²) in [5.74, 6) is 0.810. The molecule has 2 aliphatic rings. The molecule has 0 heterocycles. The van der Waals surface area contributed by atoms with Crippen molar-refractivity contribution in [3.63, 3.8) is 0 Å². The Balaban J connectivity index is 0.000000405. The van der Waals surface area contributed by atoms with Gasteiger partial charge in [0.2, 0.25) is 0 Å². The smallest absolute Gasteiger partial charge is 0.393 e. The Kier molecular flexibility index (Phi) is 9.59. The van der Waals surface area contributed by atoms with Crippen LogP contribution >= 0.6 is 0 Å². The summed E-state index contributed by atoms with van der Waals surface area (Å²) in [5.41, 5.74) is -1.08. The summed E-state index contributed by atoms with van der Waals surface area (Å²) in [5, 5.41) is 19.1. The zero-order valence-corrected chi connectivity index (χ0v) is 11.8. The molecule has 2 rings (SSSR count). The minimum atomic E-state index is -1.08. The first-order chi connectivity index (χ1) is 8.11. The second-order valence-corrected chi connectivity index (χ2v) is 4.37. The summed E-state index contributed by atoms with van der Waals surface area (Å²) in [6.45, 7) is 3.56. The SMILES string of the molecule is CC(C)[C@](O)(CO)[C]1[CH][CH][CH][CH]1.[CH]1[CH][CH][CH][CH]1.[Fe+2]. The van der Waals surface area contributed by atoms with Gasteiger partial charge in [0.25, 0.3) is 0 Å². The van der Waals surface area contributed by atoms with Gasteiger partial charge in [-0.05, 0) is 63.7 Å². The third kappa shape index (κ3) is 5.20. The number of hydrogen-bond acceptors (Lipinski definition) is 2. The molecular formula is C15H20FeO2+2. The Morgan fingerprint density at radius 1 is 0.944 bits per heavy atom. The molecule has 0 aromatic heterocycles. The maximum atomic E-state index is 10.0. The van der Waals surface area contributed by atoms with Gasteiger partial charge >= 0.3 is 17.1 Å². The maximum Gasteiger partial charge on any atom is 2.00 e. The molecule has 10 radical (unpaired) electrons. The van der Waals surface area contributed by atoms with Crippen molar-refractivity contribution in [1.29, 1.82) is 0 Å². The zero-order chi connectivity index (χ0) is 12.7. The first-order valence-electron chi connectivity index (χ1n) is 5.83. The zero-order valence-electron chi connectivity index (χ0n) is 10.7. The van der Waals surface area contributed by atoms with E-state index in [0.29, 0.717) is 0 Å². The van der Waals surface area contributed by atoms with Crippen LogP contribution in [0.3, 0.4) is 0 Å². The molecule has 1 atom stereocenters. The predicted molar refractivity (Wildman–Crippen MR) is 68.8 cm³/mol. The standard InChI is InChI=1S/C10H15O2.C5H5.Fe/c1-8(2)10(12,7-11)9-5-3-4-6-9;1-2-4-5-3-1;/h3-6,8,11-12H,7H2,1-2H3;1-5H;/q;;+2/t10-;;/m1../s1. The van der Waals surface area contributed by atoms with E-state index < -0.39 is 5.60 Å². The molecule has 2 aliphatic carbocycles. The van der Waals surface area contributed by atoms with E-state index in [0.717, 1.165) is 5.92 Å². The van der Waals surface area contributed by atoms with Crippen LogP contribution in [0, 0.1) is 69.6 Å². The van der Waals surface area contributed by atoms with Crippen LogP contribution in [0.1, 0.15) is 13.8 Å². The second kappa shape index (κ2) is 9.36. The van der Waals surface area contributed by atoms with Crippen molar-refractivity contribution in [2.24, 2.45) is 5.92 Å². The number of rotatable bonds is 3. The summed E-state index contributed by atoms with van der Waals surface area (Å²) in [6.07, 6.45) is 17.4. The molecular weight excluding hydrogens is 268 g/mol. The minimum Gasteiger partial charge on any atom is -0.393 e. The van der Waals surface area contributed by atoms with E-state index in [2.05, 4.69) is 0 Å². The van der Waals surface area contributed by atoms with E-state index >= 15 is 0 Å².